The van der Waals surface area contributed by atoms with E-state index in [4.69, 9.17) is 5.26 Å². The summed E-state index contributed by atoms with van der Waals surface area (Å²) in [6.07, 6.45) is 3.41. The molecule has 1 N–H and O–H groups in total. The first-order valence-electron chi connectivity index (χ1n) is 9.27. The van der Waals surface area contributed by atoms with Crippen LogP contribution in [0.4, 0.5) is 10.2 Å². The highest BCUT2D eigenvalue weighted by atomic mass is 19.1. The van der Waals surface area contributed by atoms with E-state index in [1.165, 1.54) is 12.1 Å². The summed E-state index contributed by atoms with van der Waals surface area (Å²) in [7, 11) is 0. The molecule has 1 aliphatic heterocycles. The van der Waals surface area contributed by atoms with Gasteiger partial charge in [0, 0.05) is 26.1 Å². The summed E-state index contributed by atoms with van der Waals surface area (Å²) >= 11 is 0. The van der Waals surface area contributed by atoms with Gasteiger partial charge in [-0.2, -0.15) is 5.26 Å². The van der Waals surface area contributed by atoms with Gasteiger partial charge in [-0.3, -0.25) is 4.79 Å². The van der Waals surface area contributed by atoms with Crippen molar-refractivity contribution in [2.45, 2.75) is 32.2 Å². The molecule has 1 fully saturated rings. The van der Waals surface area contributed by atoms with E-state index in [0.717, 1.165) is 43.7 Å². The molecule has 27 heavy (non-hydrogen) atoms. The summed E-state index contributed by atoms with van der Waals surface area (Å²) in [6.45, 7) is 2.21. The van der Waals surface area contributed by atoms with E-state index in [0.29, 0.717) is 24.6 Å². The van der Waals surface area contributed by atoms with Crippen LogP contribution in [-0.4, -0.2) is 24.0 Å². The largest absolute Gasteiger partial charge is 0.357 e. The van der Waals surface area contributed by atoms with E-state index >= 15 is 0 Å². The number of aromatic nitrogens is 1. The predicted octanol–water partition coefficient (Wildman–Crippen LogP) is 3.41. The van der Waals surface area contributed by atoms with E-state index in [2.05, 4.69) is 21.3 Å². The second-order valence-corrected chi connectivity index (χ2v) is 6.87. The molecule has 3 rings (SSSR count). The van der Waals surface area contributed by atoms with Gasteiger partial charge in [0.2, 0.25) is 5.91 Å². The number of piperidine rings is 1. The molecule has 1 aromatic heterocycles. The van der Waals surface area contributed by atoms with Crippen molar-refractivity contribution in [3.8, 4) is 6.07 Å². The lowest BCUT2D eigenvalue weighted by Gasteiger charge is -2.32. The van der Waals surface area contributed by atoms with Gasteiger partial charge in [-0.15, -0.1) is 0 Å². The van der Waals surface area contributed by atoms with Crippen LogP contribution >= 0.6 is 0 Å². The van der Waals surface area contributed by atoms with Crippen molar-refractivity contribution in [1.29, 1.82) is 5.26 Å². The van der Waals surface area contributed by atoms with Gasteiger partial charge in [-0.05, 0) is 55.0 Å². The fourth-order valence-electron chi connectivity index (χ4n) is 3.34. The van der Waals surface area contributed by atoms with Gasteiger partial charge in [-0.25, -0.2) is 9.37 Å². The molecule has 5 nitrogen and oxygen atoms in total. The normalized spacial score (nSPS) is 14.6. The molecule has 2 heterocycles. The molecule has 6 heteroatoms. The van der Waals surface area contributed by atoms with Crippen LogP contribution in [0, 0.1) is 23.1 Å². The minimum absolute atomic E-state index is 0.0325. The topological polar surface area (TPSA) is 69.0 Å². The predicted molar refractivity (Wildman–Crippen MR) is 101 cm³/mol. The summed E-state index contributed by atoms with van der Waals surface area (Å²) in [5, 5.41) is 11.9. The van der Waals surface area contributed by atoms with E-state index in [9.17, 15) is 9.18 Å². The van der Waals surface area contributed by atoms with Crippen LogP contribution in [0.1, 0.15) is 36.9 Å². The van der Waals surface area contributed by atoms with Crippen LogP contribution in [0.3, 0.4) is 0 Å². The first kappa shape index (κ1) is 18.8. The molecule has 140 valence electrons. The molecule has 0 unspecified atom stereocenters. The summed E-state index contributed by atoms with van der Waals surface area (Å²) in [6, 6.07) is 13.7. The highest BCUT2D eigenvalue weighted by molar-refractivity contribution is 5.75. The summed E-state index contributed by atoms with van der Waals surface area (Å²) < 4.78 is 12.9. The molecule has 1 aliphatic rings. The Balaban J connectivity index is 1.38. The maximum Gasteiger partial charge on any atom is 0.220 e. The Hall–Kier alpha value is -2.94. The summed E-state index contributed by atoms with van der Waals surface area (Å²) in [5.41, 5.74) is 1.33. The van der Waals surface area contributed by atoms with Crippen LogP contribution in [-0.2, 0) is 11.3 Å². The van der Waals surface area contributed by atoms with E-state index in [1.807, 2.05) is 12.1 Å². The Morgan fingerprint density at radius 1 is 1.22 bits per heavy atom. The standard InChI is InChI=1S/C21H23FN4O/c22-18-7-4-17(5-8-18)15-24-21(27)9-6-16-10-12-26(13-11-16)20-3-1-2-19(14-23)25-20/h1-5,7-8,16H,6,9-13,15H2,(H,24,27). The van der Waals surface area contributed by atoms with Crippen molar-refractivity contribution in [2.24, 2.45) is 5.92 Å². The zero-order valence-electron chi connectivity index (χ0n) is 15.2. The Morgan fingerprint density at radius 2 is 1.96 bits per heavy atom. The van der Waals surface area contributed by atoms with Crippen LogP contribution in [0.25, 0.3) is 0 Å². The number of nitriles is 1. The van der Waals surface area contributed by atoms with Crippen molar-refractivity contribution in [3.63, 3.8) is 0 Å². The number of benzene rings is 1. The molecule has 0 radical (unpaired) electrons. The Labute approximate surface area is 158 Å². The van der Waals surface area contributed by atoms with E-state index < -0.39 is 0 Å². The number of pyridine rings is 1. The Morgan fingerprint density at radius 3 is 2.67 bits per heavy atom. The minimum Gasteiger partial charge on any atom is -0.357 e. The maximum absolute atomic E-state index is 12.9. The lowest BCUT2D eigenvalue weighted by atomic mass is 9.92. The number of hydrogen-bond donors (Lipinski definition) is 1. The highest BCUT2D eigenvalue weighted by Gasteiger charge is 2.21. The number of rotatable bonds is 6. The van der Waals surface area contributed by atoms with Gasteiger partial charge < -0.3 is 10.2 Å². The molecule has 0 saturated carbocycles. The van der Waals surface area contributed by atoms with Gasteiger partial charge in [0.15, 0.2) is 0 Å². The average Bonchev–Trinajstić information content (AvgIpc) is 2.72. The van der Waals surface area contributed by atoms with Gasteiger partial charge >= 0.3 is 0 Å². The highest BCUT2D eigenvalue weighted by Crippen LogP contribution is 2.25. The Kier molecular flexibility index (Phi) is 6.37. The van der Waals surface area contributed by atoms with Crippen LogP contribution < -0.4 is 10.2 Å². The van der Waals surface area contributed by atoms with Crippen molar-refractivity contribution >= 4 is 11.7 Å². The third-order valence-corrected chi connectivity index (χ3v) is 4.97. The quantitative estimate of drug-likeness (QED) is 0.851. The number of anilines is 1. The molecule has 1 aromatic carbocycles. The number of nitrogens with one attached hydrogen (secondary N) is 1. The minimum atomic E-state index is -0.272. The van der Waals surface area contributed by atoms with Crippen molar-refractivity contribution in [2.75, 3.05) is 18.0 Å². The van der Waals surface area contributed by atoms with Crippen LogP contribution in [0.2, 0.25) is 0 Å². The van der Waals surface area contributed by atoms with Crippen molar-refractivity contribution < 1.29 is 9.18 Å². The van der Waals surface area contributed by atoms with Crippen LogP contribution in [0.15, 0.2) is 42.5 Å². The smallest absolute Gasteiger partial charge is 0.220 e. The summed E-state index contributed by atoms with van der Waals surface area (Å²) in [5.74, 6) is 1.14. The second-order valence-electron chi connectivity index (χ2n) is 6.87. The number of hydrogen-bond acceptors (Lipinski definition) is 4. The van der Waals surface area contributed by atoms with E-state index in [-0.39, 0.29) is 11.7 Å². The molecule has 2 aromatic rings. The lowest BCUT2D eigenvalue weighted by molar-refractivity contribution is -0.121. The SMILES string of the molecule is N#Cc1cccc(N2CCC(CCC(=O)NCc3ccc(F)cc3)CC2)n1. The third kappa shape index (κ3) is 5.52. The molecule has 0 atom stereocenters. The monoisotopic (exact) mass is 366 g/mol. The second kappa shape index (κ2) is 9.13. The van der Waals surface area contributed by atoms with Gasteiger partial charge in [0.1, 0.15) is 23.4 Å². The van der Waals surface area contributed by atoms with E-state index in [1.54, 1.807) is 18.2 Å². The molecule has 0 bridgehead atoms. The zero-order valence-corrected chi connectivity index (χ0v) is 15.2. The zero-order chi connectivity index (χ0) is 19.1. The molecule has 0 aliphatic carbocycles. The summed E-state index contributed by atoms with van der Waals surface area (Å²) in [4.78, 5) is 18.6. The Bertz CT molecular complexity index is 808. The lowest BCUT2D eigenvalue weighted by Crippen LogP contribution is -2.34. The maximum atomic E-state index is 12.9. The number of halogens is 1. The first-order valence-corrected chi connectivity index (χ1v) is 9.27. The fraction of sp³-hybridized carbons (Fsp3) is 0.381. The molecule has 1 amide bonds. The number of amides is 1. The third-order valence-electron chi connectivity index (χ3n) is 4.97. The van der Waals surface area contributed by atoms with Crippen molar-refractivity contribution in [1.82, 2.24) is 10.3 Å². The molecule has 1 saturated heterocycles. The molecule has 0 spiro atoms. The van der Waals surface area contributed by atoms with Gasteiger partial charge in [0.25, 0.3) is 0 Å². The fourth-order valence-corrected chi connectivity index (χ4v) is 3.34. The molecular weight excluding hydrogens is 343 g/mol. The van der Waals surface area contributed by atoms with Crippen LogP contribution in [0.5, 0.6) is 0 Å². The first-order chi connectivity index (χ1) is 13.1. The molecular formula is C21H23FN4O. The number of nitrogens with zero attached hydrogens (tertiary/aromatic N) is 3. The van der Waals surface area contributed by atoms with Gasteiger partial charge in [-0.1, -0.05) is 18.2 Å². The average molecular weight is 366 g/mol. The van der Waals surface area contributed by atoms with Gasteiger partial charge in [0.05, 0.1) is 0 Å². The van der Waals surface area contributed by atoms with Crippen molar-refractivity contribution in [3.05, 3.63) is 59.5 Å². The number of carbonyl (C=O) groups excluding carboxylic acids is 1. The number of carbonyl (C=O) groups is 1.